The molecule has 0 N–H and O–H groups in total. The zero-order chi connectivity index (χ0) is 47.7. The van der Waals surface area contributed by atoms with Crippen molar-refractivity contribution in [3.05, 3.63) is 248 Å². The summed E-state index contributed by atoms with van der Waals surface area (Å²) in [5.41, 5.74) is 20.5. The monoisotopic (exact) mass is 919 g/mol. The average molecular weight is 920 g/mol. The maximum atomic E-state index is 5.49. The van der Waals surface area contributed by atoms with E-state index in [-0.39, 0.29) is 5.41 Å². The second-order valence-electron chi connectivity index (χ2n) is 19.8. The summed E-state index contributed by atoms with van der Waals surface area (Å²) in [7, 11) is 0. The van der Waals surface area contributed by atoms with E-state index >= 15 is 0 Å². The molecular weight excluding hydrogens is 875 g/mol. The minimum Gasteiger partial charge on any atom is -0.309 e. The molecule has 0 spiro atoms. The van der Waals surface area contributed by atoms with E-state index in [2.05, 4.69) is 264 Å². The van der Waals surface area contributed by atoms with Crippen molar-refractivity contribution in [2.75, 3.05) is 0 Å². The summed E-state index contributed by atoms with van der Waals surface area (Å²) < 4.78 is 7.06. The topological polar surface area (TPSA) is 40.6 Å². The van der Waals surface area contributed by atoms with Crippen molar-refractivity contribution >= 4 is 65.4 Å². The van der Waals surface area contributed by atoms with Gasteiger partial charge in [-0.15, -0.1) is 0 Å². The number of rotatable bonds is 6. The first-order chi connectivity index (χ1) is 35.5. The highest BCUT2D eigenvalue weighted by Crippen LogP contribution is 2.51. The minimum absolute atomic E-state index is 0.107. The SMILES string of the molecule is CC1(C)c2ccccc2-c2cc3c4ccccc4n(-c4ccc(-c5cc(-c6ccccc6)nc(-n6c7ccccc7c7ccc(-c8ccc9c(c8)c8ccccc8n9-c8ccccc8)cc76)n5)cc4)c3cc21. The molecule has 0 saturated carbocycles. The van der Waals surface area contributed by atoms with Gasteiger partial charge in [0.25, 0.3) is 0 Å². The first-order valence-electron chi connectivity index (χ1n) is 24.8. The fourth-order valence-electron chi connectivity index (χ4n) is 12.0. The standard InChI is InChI=1S/C67H45N5/c1-67(2)56-25-13-9-21-48(56)53-39-55-51-24-12-15-27-61(51)71(65(55)40-57(53)67)47-33-29-43(30-34-47)59-41-58(42-17-5-3-6-18-42)68-66(69-59)72-62-28-16-10-22-49(62)52-35-31-45(38-64(52)72)44-32-36-63-54(37-44)50-23-11-14-26-60(50)70(63)46-19-7-4-8-20-46/h3-41H,1-2H3. The van der Waals surface area contributed by atoms with Gasteiger partial charge in [0.05, 0.1) is 44.5 Å². The Morgan fingerprint density at radius 1 is 0.292 bits per heavy atom. The summed E-state index contributed by atoms with van der Waals surface area (Å²) >= 11 is 0. The number of hydrogen-bond acceptors (Lipinski definition) is 2. The van der Waals surface area contributed by atoms with E-state index < -0.39 is 0 Å². The van der Waals surface area contributed by atoms with Crippen LogP contribution in [0, 0.1) is 0 Å². The molecular formula is C67H45N5. The first-order valence-corrected chi connectivity index (χ1v) is 24.8. The van der Waals surface area contributed by atoms with E-state index in [0.717, 1.165) is 66.8 Å². The van der Waals surface area contributed by atoms with Crippen LogP contribution in [-0.4, -0.2) is 23.7 Å². The Labute approximate surface area is 416 Å². The summed E-state index contributed by atoms with van der Waals surface area (Å²) in [4.78, 5) is 10.9. The molecule has 4 aromatic heterocycles. The van der Waals surface area contributed by atoms with Crippen LogP contribution in [0.3, 0.4) is 0 Å². The van der Waals surface area contributed by atoms with Gasteiger partial charge < -0.3 is 9.13 Å². The van der Waals surface area contributed by atoms with Gasteiger partial charge in [0.1, 0.15) is 0 Å². The highest BCUT2D eigenvalue weighted by molar-refractivity contribution is 6.13. The summed E-state index contributed by atoms with van der Waals surface area (Å²) in [6.45, 7) is 4.71. The summed E-state index contributed by atoms with van der Waals surface area (Å²) in [6.07, 6.45) is 0. The lowest BCUT2D eigenvalue weighted by Gasteiger charge is -2.21. The summed E-state index contributed by atoms with van der Waals surface area (Å²) in [5.74, 6) is 0.625. The third kappa shape index (κ3) is 5.94. The van der Waals surface area contributed by atoms with Gasteiger partial charge in [-0.25, -0.2) is 9.97 Å². The molecule has 338 valence electrons. The van der Waals surface area contributed by atoms with Crippen LogP contribution in [0.5, 0.6) is 0 Å². The van der Waals surface area contributed by atoms with Crippen molar-refractivity contribution in [3.63, 3.8) is 0 Å². The van der Waals surface area contributed by atoms with Crippen LogP contribution in [0.15, 0.2) is 237 Å². The minimum atomic E-state index is -0.107. The van der Waals surface area contributed by atoms with Crippen molar-refractivity contribution < 1.29 is 0 Å². The summed E-state index contributed by atoms with van der Waals surface area (Å²) in [6, 6.07) is 85.8. The molecule has 0 amide bonds. The summed E-state index contributed by atoms with van der Waals surface area (Å²) in [5, 5.41) is 7.27. The van der Waals surface area contributed by atoms with Gasteiger partial charge in [-0.1, -0.05) is 172 Å². The molecule has 0 unspecified atom stereocenters. The zero-order valence-electron chi connectivity index (χ0n) is 39.8. The molecule has 14 aromatic rings. The Hall–Kier alpha value is -9.32. The van der Waals surface area contributed by atoms with E-state index in [4.69, 9.17) is 9.97 Å². The molecule has 72 heavy (non-hydrogen) atoms. The maximum Gasteiger partial charge on any atom is 0.235 e. The van der Waals surface area contributed by atoms with Crippen LogP contribution < -0.4 is 0 Å². The number of para-hydroxylation sites is 4. The van der Waals surface area contributed by atoms with Gasteiger partial charge in [-0.2, -0.15) is 0 Å². The van der Waals surface area contributed by atoms with Crippen LogP contribution in [0.2, 0.25) is 0 Å². The van der Waals surface area contributed by atoms with E-state index in [1.165, 1.54) is 65.9 Å². The van der Waals surface area contributed by atoms with Gasteiger partial charge >= 0.3 is 0 Å². The fraction of sp³-hybridized carbons (Fsp3) is 0.0448. The predicted molar refractivity (Wildman–Crippen MR) is 299 cm³/mol. The third-order valence-electron chi connectivity index (χ3n) is 15.5. The van der Waals surface area contributed by atoms with E-state index in [9.17, 15) is 0 Å². The second kappa shape index (κ2) is 15.3. The Morgan fingerprint density at radius 2 is 0.764 bits per heavy atom. The van der Waals surface area contributed by atoms with Gasteiger partial charge in [0, 0.05) is 60.2 Å². The highest BCUT2D eigenvalue weighted by atomic mass is 15.2. The molecule has 5 heteroatoms. The molecule has 1 aliphatic rings. The van der Waals surface area contributed by atoms with Crippen molar-refractivity contribution in [3.8, 4) is 62.1 Å². The number of nitrogens with zero attached hydrogens (tertiary/aromatic N) is 5. The maximum absolute atomic E-state index is 5.49. The highest BCUT2D eigenvalue weighted by Gasteiger charge is 2.36. The quantitative estimate of drug-likeness (QED) is 0.167. The molecule has 0 atom stereocenters. The van der Waals surface area contributed by atoms with E-state index in [1.54, 1.807) is 0 Å². The second-order valence-corrected chi connectivity index (χ2v) is 19.8. The third-order valence-corrected chi connectivity index (χ3v) is 15.5. The molecule has 0 fully saturated rings. The Bertz CT molecular complexity index is 4510. The Kier molecular flexibility index (Phi) is 8.64. The lowest BCUT2D eigenvalue weighted by Crippen LogP contribution is -2.14. The number of aromatic nitrogens is 5. The van der Waals surface area contributed by atoms with Crippen LogP contribution in [0.4, 0.5) is 0 Å². The molecule has 0 radical (unpaired) electrons. The van der Waals surface area contributed by atoms with Gasteiger partial charge in [-0.05, 0) is 112 Å². The molecule has 10 aromatic carbocycles. The van der Waals surface area contributed by atoms with Crippen molar-refractivity contribution in [2.24, 2.45) is 0 Å². The molecule has 15 rings (SSSR count). The lowest BCUT2D eigenvalue weighted by atomic mass is 9.82. The molecule has 0 bridgehead atoms. The van der Waals surface area contributed by atoms with Crippen molar-refractivity contribution in [1.82, 2.24) is 23.7 Å². The van der Waals surface area contributed by atoms with Crippen LogP contribution in [0.25, 0.3) is 128 Å². The normalized spacial score (nSPS) is 13.0. The fourth-order valence-corrected chi connectivity index (χ4v) is 12.0. The zero-order valence-corrected chi connectivity index (χ0v) is 39.8. The largest absolute Gasteiger partial charge is 0.309 e. The van der Waals surface area contributed by atoms with Crippen LogP contribution in [-0.2, 0) is 5.41 Å². The van der Waals surface area contributed by atoms with Crippen LogP contribution >= 0.6 is 0 Å². The van der Waals surface area contributed by atoms with E-state index in [0.29, 0.717) is 5.95 Å². The molecule has 4 heterocycles. The Balaban J connectivity index is 0.885. The van der Waals surface area contributed by atoms with Gasteiger partial charge in [-0.3, -0.25) is 4.57 Å². The molecule has 0 aliphatic heterocycles. The van der Waals surface area contributed by atoms with E-state index in [1.807, 2.05) is 0 Å². The van der Waals surface area contributed by atoms with Crippen LogP contribution in [0.1, 0.15) is 25.0 Å². The smallest absolute Gasteiger partial charge is 0.235 e. The molecule has 5 nitrogen and oxygen atoms in total. The van der Waals surface area contributed by atoms with Crippen molar-refractivity contribution in [2.45, 2.75) is 19.3 Å². The molecule has 1 aliphatic carbocycles. The number of hydrogen-bond donors (Lipinski definition) is 0. The van der Waals surface area contributed by atoms with Crippen molar-refractivity contribution in [1.29, 1.82) is 0 Å². The predicted octanol–water partition coefficient (Wildman–Crippen LogP) is 17.1. The first kappa shape index (κ1) is 40.6. The number of fused-ring (bicyclic) bond motifs is 12. The average Bonchev–Trinajstić information content (AvgIpc) is 4.13. The van der Waals surface area contributed by atoms with Gasteiger partial charge in [0.15, 0.2) is 0 Å². The van der Waals surface area contributed by atoms with Gasteiger partial charge in [0.2, 0.25) is 5.95 Å². The Morgan fingerprint density at radius 3 is 1.47 bits per heavy atom. The molecule has 0 saturated heterocycles. The lowest BCUT2D eigenvalue weighted by molar-refractivity contribution is 0.661. The number of benzene rings is 10.